The van der Waals surface area contributed by atoms with Crippen molar-refractivity contribution in [3.05, 3.63) is 36.5 Å². The summed E-state index contributed by atoms with van der Waals surface area (Å²) in [5.74, 6) is -0.614. The third-order valence-corrected chi connectivity index (χ3v) is 9.55. The van der Waals surface area contributed by atoms with Gasteiger partial charge in [0.25, 0.3) is 0 Å². The normalized spacial score (nSPS) is 14.7. The van der Waals surface area contributed by atoms with Crippen LogP contribution in [0.25, 0.3) is 0 Å². The molecule has 0 aromatic rings. The van der Waals surface area contributed by atoms with Crippen LogP contribution in [-0.4, -0.2) is 57.3 Å². The fourth-order valence-corrected chi connectivity index (χ4v) is 6.16. The minimum atomic E-state index is -1.29. The van der Waals surface area contributed by atoms with Gasteiger partial charge < -0.3 is 25.7 Å². The van der Waals surface area contributed by atoms with Crippen LogP contribution in [0.3, 0.4) is 0 Å². The smallest absolute Gasteiger partial charge is 0.249 e. The Morgan fingerprint density at radius 3 is 1.35 bits per heavy atom. The van der Waals surface area contributed by atoms with E-state index in [9.17, 15) is 25.2 Å². The highest BCUT2D eigenvalue weighted by Gasteiger charge is 2.28. The van der Waals surface area contributed by atoms with Crippen molar-refractivity contribution >= 4 is 5.91 Å². The number of hydrogen-bond donors (Lipinski definition) is 5. The van der Waals surface area contributed by atoms with Crippen LogP contribution in [-0.2, 0) is 4.79 Å². The molecule has 4 unspecified atom stereocenters. The second-order valence-corrected chi connectivity index (χ2v) is 14.3. The molecule has 6 heteroatoms. The van der Waals surface area contributed by atoms with Crippen LogP contribution in [0, 0.1) is 0 Å². The first-order chi connectivity index (χ1) is 24.0. The minimum Gasteiger partial charge on any atom is -0.394 e. The summed E-state index contributed by atoms with van der Waals surface area (Å²) in [4.78, 5) is 12.4. The van der Waals surface area contributed by atoms with Gasteiger partial charge in [0.05, 0.1) is 18.8 Å². The molecular formula is C43H81NO5. The summed E-state index contributed by atoms with van der Waals surface area (Å²) in [6.07, 6.45) is 43.4. The van der Waals surface area contributed by atoms with E-state index in [1.165, 1.54) is 116 Å². The van der Waals surface area contributed by atoms with Gasteiger partial charge in [-0.15, -0.1) is 0 Å². The van der Waals surface area contributed by atoms with Gasteiger partial charge in [0.15, 0.2) is 0 Å². The maximum Gasteiger partial charge on any atom is 0.249 e. The van der Waals surface area contributed by atoms with E-state index in [1.54, 1.807) is 0 Å². The largest absolute Gasteiger partial charge is 0.394 e. The molecule has 6 nitrogen and oxygen atoms in total. The minimum absolute atomic E-state index is 0.337. The van der Waals surface area contributed by atoms with Crippen LogP contribution in [0.1, 0.15) is 200 Å². The highest BCUT2D eigenvalue weighted by Crippen LogP contribution is 2.15. The molecule has 0 saturated heterocycles. The van der Waals surface area contributed by atoms with Gasteiger partial charge >= 0.3 is 0 Å². The summed E-state index contributed by atoms with van der Waals surface area (Å²) in [6.45, 7) is 3.96. The Morgan fingerprint density at radius 1 is 0.490 bits per heavy atom. The zero-order valence-corrected chi connectivity index (χ0v) is 32.2. The van der Waals surface area contributed by atoms with Gasteiger partial charge in [-0.05, 0) is 70.6 Å². The predicted molar refractivity (Wildman–Crippen MR) is 210 cm³/mol. The lowest BCUT2D eigenvalue weighted by molar-refractivity contribution is -0.132. The number of nitrogens with one attached hydrogen (secondary N) is 1. The number of rotatable bonds is 37. The molecule has 0 spiro atoms. The van der Waals surface area contributed by atoms with Gasteiger partial charge in [-0.25, -0.2) is 0 Å². The molecule has 0 bridgehead atoms. The van der Waals surface area contributed by atoms with Gasteiger partial charge in [-0.2, -0.15) is 0 Å². The lowest BCUT2D eigenvalue weighted by Crippen LogP contribution is -2.53. The molecule has 0 saturated carbocycles. The van der Waals surface area contributed by atoms with Crippen LogP contribution in [0.2, 0.25) is 0 Å². The number of allylic oxidation sites excluding steroid dienone is 6. The summed E-state index contributed by atoms with van der Waals surface area (Å²) in [5.41, 5.74) is 0. The van der Waals surface area contributed by atoms with Crippen molar-refractivity contribution in [3.8, 4) is 0 Å². The Labute approximate surface area is 303 Å². The maximum atomic E-state index is 12.4. The van der Waals surface area contributed by atoms with Crippen LogP contribution in [0.5, 0.6) is 0 Å². The van der Waals surface area contributed by atoms with Crippen molar-refractivity contribution in [1.82, 2.24) is 5.32 Å². The van der Waals surface area contributed by atoms with Gasteiger partial charge in [0.2, 0.25) is 5.91 Å². The fraction of sp³-hybridized carbons (Fsp3) is 0.837. The van der Waals surface area contributed by atoms with E-state index < -0.39 is 36.9 Å². The third-order valence-electron chi connectivity index (χ3n) is 9.55. The Kier molecular flexibility index (Phi) is 36.6. The first kappa shape index (κ1) is 47.5. The van der Waals surface area contributed by atoms with E-state index in [2.05, 4.69) is 55.6 Å². The topological polar surface area (TPSA) is 110 Å². The SMILES string of the molecule is CCCC/C=C\CCCCCC(O)C(=O)NC(CO)C(O)C(O)CCC/C=C/CC/C=C/CCCCCCCCCCCCCCCCC. The van der Waals surface area contributed by atoms with E-state index in [0.29, 0.717) is 19.3 Å². The Bertz CT molecular complexity index is 782. The van der Waals surface area contributed by atoms with Crippen molar-refractivity contribution in [2.24, 2.45) is 0 Å². The quantitative estimate of drug-likeness (QED) is 0.0329. The third kappa shape index (κ3) is 32.2. The zero-order chi connectivity index (χ0) is 36.0. The summed E-state index contributed by atoms with van der Waals surface area (Å²) in [7, 11) is 0. The van der Waals surface area contributed by atoms with E-state index in [4.69, 9.17) is 0 Å². The van der Waals surface area contributed by atoms with Gasteiger partial charge in [-0.3, -0.25) is 4.79 Å². The molecule has 49 heavy (non-hydrogen) atoms. The Balaban J connectivity index is 3.76. The number of carbonyl (C=O) groups is 1. The van der Waals surface area contributed by atoms with E-state index in [1.807, 2.05) is 0 Å². The Morgan fingerprint density at radius 2 is 0.878 bits per heavy atom. The molecule has 0 fully saturated rings. The first-order valence-corrected chi connectivity index (χ1v) is 20.9. The first-order valence-electron chi connectivity index (χ1n) is 20.9. The van der Waals surface area contributed by atoms with Gasteiger partial charge in [0.1, 0.15) is 12.2 Å². The number of aliphatic hydroxyl groups excluding tert-OH is 4. The molecule has 0 aromatic heterocycles. The molecule has 288 valence electrons. The predicted octanol–water partition coefficient (Wildman–Crippen LogP) is 10.6. The van der Waals surface area contributed by atoms with E-state index >= 15 is 0 Å². The van der Waals surface area contributed by atoms with E-state index in [-0.39, 0.29) is 0 Å². The second-order valence-electron chi connectivity index (χ2n) is 14.3. The average Bonchev–Trinajstić information content (AvgIpc) is 3.11. The molecule has 0 aromatic carbocycles. The summed E-state index contributed by atoms with van der Waals surface area (Å²) < 4.78 is 0. The van der Waals surface area contributed by atoms with Crippen LogP contribution < -0.4 is 5.32 Å². The van der Waals surface area contributed by atoms with Crippen molar-refractivity contribution in [2.75, 3.05) is 6.61 Å². The lowest BCUT2D eigenvalue weighted by Gasteiger charge is -2.27. The number of unbranched alkanes of at least 4 members (excludes halogenated alkanes) is 22. The molecular weight excluding hydrogens is 610 g/mol. The highest BCUT2D eigenvalue weighted by atomic mass is 16.3. The highest BCUT2D eigenvalue weighted by molar-refractivity contribution is 5.80. The van der Waals surface area contributed by atoms with Gasteiger partial charge in [-0.1, -0.05) is 166 Å². The number of aliphatic hydroxyl groups is 4. The summed E-state index contributed by atoms with van der Waals surface area (Å²) in [6, 6.07) is -1.01. The summed E-state index contributed by atoms with van der Waals surface area (Å²) >= 11 is 0. The van der Waals surface area contributed by atoms with E-state index in [0.717, 1.165) is 51.4 Å². The maximum absolute atomic E-state index is 12.4. The molecule has 0 aliphatic carbocycles. The van der Waals surface area contributed by atoms with Crippen molar-refractivity contribution in [2.45, 2.75) is 224 Å². The fourth-order valence-electron chi connectivity index (χ4n) is 6.16. The molecule has 0 heterocycles. The molecule has 4 atom stereocenters. The molecule has 0 aliphatic rings. The monoisotopic (exact) mass is 692 g/mol. The standard InChI is InChI=1S/C43H81NO5/c1-3-5-7-9-11-13-14-15-16-17-18-19-20-21-22-23-24-25-26-27-29-30-32-34-36-40(46)42(48)39(38-45)44-43(49)41(47)37-35-33-31-28-12-10-8-6-4-2/h10,12,24-25,29-30,39-42,45-48H,3-9,11,13-23,26-28,31-38H2,1-2H3,(H,44,49)/b12-10-,25-24+,30-29+. The van der Waals surface area contributed by atoms with Crippen molar-refractivity contribution in [3.63, 3.8) is 0 Å². The van der Waals surface area contributed by atoms with Gasteiger partial charge in [0, 0.05) is 0 Å². The number of hydrogen-bond acceptors (Lipinski definition) is 5. The number of carbonyl (C=O) groups excluding carboxylic acids is 1. The molecule has 5 N–H and O–H groups in total. The molecule has 0 radical (unpaired) electrons. The number of amides is 1. The molecule has 0 rings (SSSR count). The van der Waals surface area contributed by atoms with Crippen LogP contribution in [0.15, 0.2) is 36.5 Å². The van der Waals surface area contributed by atoms with Crippen molar-refractivity contribution in [1.29, 1.82) is 0 Å². The van der Waals surface area contributed by atoms with Crippen LogP contribution in [0.4, 0.5) is 0 Å². The Hall–Kier alpha value is -1.47. The molecule has 1 amide bonds. The van der Waals surface area contributed by atoms with Crippen molar-refractivity contribution < 1.29 is 25.2 Å². The second kappa shape index (κ2) is 37.8. The average molecular weight is 692 g/mol. The van der Waals surface area contributed by atoms with Crippen LogP contribution >= 0.6 is 0 Å². The molecule has 0 aliphatic heterocycles. The zero-order valence-electron chi connectivity index (χ0n) is 32.2. The lowest BCUT2D eigenvalue weighted by atomic mass is 10.00. The summed E-state index contributed by atoms with van der Waals surface area (Å²) in [5, 5.41) is 43.4.